The first-order valence-corrected chi connectivity index (χ1v) is 14.3. The number of carbonyl (C=O) groups excluding carboxylic acids is 2. The van der Waals surface area contributed by atoms with Crippen LogP contribution in [0.25, 0.3) is 17.1 Å². The Morgan fingerprint density at radius 1 is 1.02 bits per heavy atom. The summed E-state index contributed by atoms with van der Waals surface area (Å²) in [6, 6.07) is 14.9. The minimum Gasteiger partial charge on any atom is -0.507 e. The van der Waals surface area contributed by atoms with Crippen molar-refractivity contribution in [1.29, 1.82) is 0 Å². The van der Waals surface area contributed by atoms with Gasteiger partial charge in [0, 0.05) is 50.9 Å². The molecule has 3 N–H and O–H groups in total. The van der Waals surface area contributed by atoms with Crippen LogP contribution in [-0.4, -0.2) is 93.8 Å². The van der Waals surface area contributed by atoms with Crippen LogP contribution in [0.2, 0.25) is 0 Å². The summed E-state index contributed by atoms with van der Waals surface area (Å²) in [5.74, 6) is 1.02. The third kappa shape index (κ3) is 6.18. The van der Waals surface area contributed by atoms with E-state index in [9.17, 15) is 14.7 Å². The highest BCUT2D eigenvalue weighted by Crippen LogP contribution is 2.33. The average molecular weight is 546 g/mol. The highest BCUT2D eigenvalue weighted by Gasteiger charge is 2.28. The van der Waals surface area contributed by atoms with Crippen molar-refractivity contribution >= 4 is 11.8 Å². The Morgan fingerprint density at radius 3 is 2.45 bits per heavy atom. The summed E-state index contributed by atoms with van der Waals surface area (Å²) < 4.78 is 1.69. The Hall–Kier alpha value is -3.76. The standard InChI is InChI=1S/C30H39N7O3/c1-21(2)23-8-9-26(38)25(20-23)27-33-34-28(37(27)24-6-4-3-5-7-24)29(39)32-14-15-35-16-18-36(19-17-35)30(40)22-10-12-31-13-11-22/h3-9,20-22,31,38H,10-19H2,1-2H3,(H,32,39). The number of nitrogens with one attached hydrogen (secondary N) is 2. The van der Waals surface area contributed by atoms with Crippen LogP contribution in [0.4, 0.5) is 0 Å². The van der Waals surface area contributed by atoms with Crippen LogP contribution < -0.4 is 10.6 Å². The lowest BCUT2D eigenvalue weighted by atomic mass is 9.96. The zero-order valence-electron chi connectivity index (χ0n) is 23.3. The van der Waals surface area contributed by atoms with Crippen molar-refractivity contribution in [2.24, 2.45) is 5.92 Å². The second-order valence-corrected chi connectivity index (χ2v) is 10.9. The lowest BCUT2D eigenvalue weighted by molar-refractivity contribution is -0.138. The van der Waals surface area contributed by atoms with Gasteiger partial charge in [0.2, 0.25) is 11.7 Å². The van der Waals surface area contributed by atoms with E-state index < -0.39 is 0 Å². The molecule has 2 aliphatic heterocycles. The first-order valence-electron chi connectivity index (χ1n) is 14.3. The number of nitrogens with zero attached hydrogens (tertiary/aromatic N) is 5. The number of aromatic hydroxyl groups is 1. The fraction of sp³-hybridized carbons (Fsp3) is 0.467. The number of carbonyl (C=O) groups is 2. The van der Waals surface area contributed by atoms with Crippen LogP contribution in [0, 0.1) is 5.92 Å². The van der Waals surface area contributed by atoms with Gasteiger partial charge in [0.15, 0.2) is 5.82 Å². The van der Waals surface area contributed by atoms with Crippen LogP contribution in [0.3, 0.4) is 0 Å². The maximum absolute atomic E-state index is 13.3. The van der Waals surface area contributed by atoms with Gasteiger partial charge in [-0.25, -0.2) is 0 Å². The summed E-state index contributed by atoms with van der Waals surface area (Å²) in [6.07, 6.45) is 1.84. The molecule has 0 aliphatic carbocycles. The van der Waals surface area contributed by atoms with Gasteiger partial charge in [0.1, 0.15) is 5.75 Å². The predicted molar refractivity (Wildman–Crippen MR) is 153 cm³/mol. The number of aromatic nitrogens is 3. The average Bonchev–Trinajstić information content (AvgIpc) is 3.43. The van der Waals surface area contributed by atoms with Crippen molar-refractivity contribution in [2.45, 2.75) is 32.6 Å². The van der Waals surface area contributed by atoms with Crippen LogP contribution in [0.5, 0.6) is 5.75 Å². The molecule has 2 fully saturated rings. The van der Waals surface area contributed by atoms with Crippen LogP contribution in [-0.2, 0) is 4.79 Å². The third-order valence-corrected chi connectivity index (χ3v) is 7.89. The molecule has 10 heteroatoms. The molecule has 0 unspecified atom stereocenters. The third-order valence-electron chi connectivity index (χ3n) is 7.89. The molecule has 10 nitrogen and oxygen atoms in total. The van der Waals surface area contributed by atoms with Crippen molar-refractivity contribution in [1.82, 2.24) is 35.2 Å². The molecule has 2 saturated heterocycles. The van der Waals surface area contributed by atoms with E-state index in [0.29, 0.717) is 24.5 Å². The van der Waals surface area contributed by atoms with Gasteiger partial charge >= 0.3 is 0 Å². The second kappa shape index (κ2) is 12.6. The molecule has 0 atom stereocenters. The number of para-hydroxylation sites is 1. The fourth-order valence-electron chi connectivity index (χ4n) is 5.44. The molecule has 0 radical (unpaired) electrons. The molecule has 3 aromatic rings. The fourth-order valence-corrected chi connectivity index (χ4v) is 5.44. The first-order chi connectivity index (χ1) is 19.4. The molecule has 212 valence electrons. The topological polar surface area (TPSA) is 116 Å². The molecule has 0 saturated carbocycles. The quantitative estimate of drug-likeness (QED) is 0.399. The van der Waals surface area contributed by atoms with Gasteiger partial charge in [-0.3, -0.25) is 19.1 Å². The minimum atomic E-state index is -0.332. The van der Waals surface area contributed by atoms with Gasteiger partial charge in [-0.05, 0) is 61.7 Å². The van der Waals surface area contributed by atoms with Gasteiger partial charge in [-0.2, -0.15) is 0 Å². The normalized spacial score (nSPS) is 16.8. The molecule has 3 heterocycles. The van der Waals surface area contributed by atoms with Gasteiger partial charge < -0.3 is 20.6 Å². The Balaban J connectivity index is 1.24. The van der Waals surface area contributed by atoms with E-state index in [0.717, 1.165) is 63.4 Å². The maximum Gasteiger partial charge on any atom is 0.289 e. The highest BCUT2D eigenvalue weighted by atomic mass is 16.3. The number of piperazine rings is 1. The number of phenolic OH excluding ortho intramolecular Hbond substituents is 1. The molecule has 1 aromatic heterocycles. The summed E-state index contributed by atoms with van der Waals surface area (Å²) >= 11 is 0. The largest absolute Gasteiger partial charge is 0.507 e. The van der Waals surface area contributed by atoms with E-state index in [1.165, 1.54) is 0 Å². The molecule has 40 heavy (non-hydrogen) atoms. The molecule has 0 bridgehead atoms. The first kappa shape index (κ1) is 27.8. The van der Waals surface area contributed by atoms with Crippen LogP contribution >= 0.6 is 0 Å². The molecule has 0 spiro atoms. The molecule has 2 aromatic carbocycles. The van der Waals surface area contributed by atoms with E-state index in [2.05, 4.69) is 39.6 Å². The van der Waals surface area contributed by atoms with Crippen LogP contribution in [0.15, 0.2) is 48.5 Å². The minimum absolute atomic E-state index is 0.0821. The lowest BCUT2D eigenvalue weighted by Crippen LogP contribution is -2.52. The van der Waals surface area contributed by atoms with Crippen LogP contribution in [0.1, 0.15) is 48.8 Å². The van der Waals surface area contributed by atoms with Gasteiger partial charge in [0.05, 0.1) is 5.56 Å². The number of benzene rings is 2. The SMILES string of the molecule is CC(C)c1ccc(O)c(-c2nnc(C(=O)NCCN3CCN(C(=O)C4CCNCC4)CC3)n2-c2ccccc2)c1. The van der Waals surface area contributed by atoms with E-state index in [4.69, 9.17) is 0 Å². The number of hydrogen-bond acceptors (Lipinski definition) is 7. The molecule has 5 rings (SSSR count). The predicted octanol–water partition coefficient (Wildman–Crippen LogP) is 2.64. The van der Waals surface area contributed by atoms with Crippen molar-refractivity contribution in [3.8, 4) is 22.8 Å². The Labute approximate surface area is 235 Å². The maximum atomic E-state index is 13.3. The Bertz CT molecular complexity index is 1310. The summed E-state index contributed by atoms with van der Waals surface area (Å²) in [5, 5.41) is 25.6. The summed E-state index contributed by atoms with van der Waals surface area (Å²) in [6.45, 7) is 10.2. The number of phenols is 1. The number of rotatable bonds is 8. The second-order valence-electron chi connectivity index (χ2n) is 10.9. The van der Waals surface area contributed by atoms with Crippen molar-refractivity contribution in [3.63, 3.8) is 0 Å². The Morgan fingerprint density at radius 2 is 1.75 bits per heavy atom. The van der Waals surface area contributed by atoms with Crippen molar-refractivity contribution in [2.75, 3.05) is 52.4 Å². The molecule has 2 amide bonds. The smallest absolute Gasteiger partial charge is 0.289 e. The summed E-state index contributed by atoms with van der Waals surface area (Å²) in [5.41, 5.74) is 2.31. The zero-order valence-corrected chi connectivity index (χ0v) is 23.3. The van der Waals surface area contributed by atoms with Gasteiger partial charge in [0.25, 0.3) is 5.91 Å². The molecular formula is C30H39N7O3. The highest BCUT2D eigenvalue weighted by molar-refractivity contribution is 5.92. The molecule has 2 aliphatic rings. The number of piperidine rings is 1. The van der Waals surface area contributed by atoms with E-state index in [1.54, 1.807) is 10.6 Å². The van der Waals surface area contributed by atoms with Gasteiger partial charge in [-0.15, -0.1) is 10.2 Å². The van der Waals surface area contributed by atoms with E-state index >= 15 is 0 Å². The monoisotopic (exact) mass is 545 g/mol. The van der Waals surface area contributed by atoms with E-state index in [-0.39, 0.29) is 35.2 Å². The Kier molecular flexibility index (Phi) is 8.76. The van der Waals surface area contributed by atoms with E-state index in [1.807, 2.05) is 47.4 Å². The zero-order chi connectivity index (χ0) is 28.1. The summed E-state index contributed by atoms with van der Waals surface area (Å²) in [7, 11) is 0. The summed E-state index contributed by atoms with van der Waals surface area (Å²) in [4.78, 5) is 30.4. The van der Waals surface area contributed by atoms with Crippen molar-refractivity contribution < 1.29 is 14.7 Å². The van der Waals surface area contributed by atoms with Crippen molar-refractivity contribution in [3.05, 3.63) is 59.9 Å². The lowest BCUT2D eigenvalue weighted by Gasteiger charge is -2.37. The number of hydrogen-bond donors (Lipinski definition) is 3. The molecular weight excluding hydrogens is 506 g/mol. The van der Waals surface area contributed by atoms with Gasteiger partial charge in [-0.1, -0.05) is 38.1 Å². The number of amides is 2.